The highest BCUT2D eigenvalue weighted by Gasteiger charge is 2.25. The minimum atomic E-state index is -0.845. The summed E-state index contributed by atoms with van der Waals surface area (Å²) in [5.74, 6) is 0.768. The highest BCUT2D eigenvalue weighted by Crippen LogP contribution is 2.27. The van der Waals surface area contributed by atoms with Crippen molar-refractivity contribution >= 4 is 21.7 Å². The number of carbonyl (C=O) groups is 1. The number of hydrogen-bond acceptors (Lipinski definition) is 4. The molecule has 1 heterocycles. The molecule has 0 amide bonds. The predicted molar refractivity (Wildman–Crippen MR) is 117 cm³/mol. The van der Waals surface area contributed by atoms with Crippen LogP contribution in [0.2, 0.25) is 0 Å². The summed E-state index contributed by atoms with van der Waals surface area (Å²) in [5, 5.41) is 4.76. The maximum Gasteiger partial charge on any atom is 0.161 e. The molecule has 0 aliphatic rings. The minimum Gasteiger partial charge on any atom is -0.497 e. The lowest BCUT2D eigenvalue weighted by Gasteiger charge is -2.21. The standard InChI is InChI=1S/C23H25BrN2O3/c1-16(27)23(2,3)29-15-19-13-22(17-9-7-10-20(12-17)28-4)26(25-19)14-18-8-5-6-11-21(18)24/h5-13H,14-15H2,1-4H3. The smallest absolute Gasteiger partial charge is 0.161 e. The van der Waals surface area contributed by atoms with Gasteiger partial charge in [0.2, 0.25) is 0 Å². The van der Waals surface area contributed by atoms with E-state index in [2.05, 4.69) is 22.0 Å². The number of rotatable bonds is 8. The summed E-state index contributed by atoms with van der Waals surface area (Å²) in [6, 6.07) is 18.0. The zero-order chi connectivity index (χ0) is 21.0. The average Bonchev–Trinajstić information content (AvgIpc) is 3.11. The number of ketones is 1. The molecule has 0 atom stereocenters. The van der Waals surface area contributed by atoms with Crippen LogP contribution in [0, 0.1) is 0 Å². The molecule has 5 nitrogen and oxygen atoms in total. The van der Waals surface area contributed by atoms with Gasteiger partial charge in [0.05, 0.1) is 31.6 Å². The Hall–Kier alpha value is -2.44. The maximum absolute atomic E-state index is 11.8. The maximum atomic E-state index is 11.8. The van der Waals surface area contributed by atoms with Crippen molar-refractivity contribution in [1.82, 2.24) is 9.78 Å². The first kappa shape index (κ1) is 21.3. The van der Waals surface area contributed by atoms with E-state index >= 15 is 0 Å². The summed E-state index contributed by atoms with van der Waals surface area (Å²) in [6.45, 7) is 5.94. The number of halogens is 1. The third kappa shape index (κ3) is 5.14. The van der Waals surface area contributed by atoms with E-state index in [0.717, 1.165) is 32.7 Å². The molecule has 1 aromatic heterocycles. The van der Waals surface area contributed by atoms with Gasteiger partial charge in [-0.2, -0.15) is 5.10 Å². The largest absolute Gasteiger partial charge is 0.497 e. The first-order valence-electron chi connectivity index (χ1n) is 9.39. The Morgan fingerprint density at radius 2 is 1.90 bits per heavy atom. The summed E-state index contributed by atoms with van der Waals surface area (Å²) in [5.41, 5.74) is 3.00. The molecule has 0 spiro atoms. The van der Waals surface area contributed by atoms with Gasteiger partial charge in [0.25, 0.3) is 0 Å². The number of ether oxygens (including phenoxy) is 2. The van der Waals surface area contributed by atoms with Gasteiger partial charge in [-0.05, 0) is 50.6 Å². The number of Topliss-reactive ketones (excluding diaryl/α,β-unsaturated/α-hetero) is 1. The van der Waals surface area contributed by atoms with Crippen molar-refractivity contribution in [3.05, 3.63) is 70.3 Å². The van der Waals surface area contributed by atoms with Crippen LogP contribution in [0.1, 0.15) is 32.0 Å². The quantitative estimate of drug-likeness (QED) is 0.464. The van der Waals surface area contributed by atoms with E-state index in [4.69, 9.17) is 14.6 Å². The summed E-state index contributed by atoms with van der Waals surface area (Å²) >= 11 is 3.61. The Balaban J connectivity index is 1.96. The molecule has 6 heteroatoms. The monoisotopic (exact) mass is 456 g/mol. The fourth-order valence-corrected chi connectivity index (χ4v) is 3.23. The normalized spacial score (nSPS) is 11.5. The van der Waals surface area contributed by atoms with E-state index in [1.165, 1.54) is 6.92 Å². The van der Waals surface area contributed by atoms with Gasteiger partial charge in [0.15, 0.2) is 5.78 Å². The van der Waals surface area contributed by atoms with Gasteiger partial charge < -0.3 is 9.47 Å². The van der Waals surface area contributed by atoms with Crippen molar-refractivity contribution in [2.75, 3.05) is 7.11 Å². The van der Waals surface area contributed by atoms with Crippen LogP contribution in [0.3, 0.4) is 0 Å². The first-order valence-corrected chi connectivity index (χ1v) is 10.2. The molecule has 3 aromatic rings. The zero-order valence-electron chi connectivity index (χ0n) is 17.1. The Morgan fingerprint density at radius 1 is 1.14 bits per heavy atom. The molecule has 0 saturated carbocycles. The molecule has 0 saturated heterocycles. The molecule has 3 rings (SSSR count). The second-order valence-electron chi connectivity index (χ2n) is 7.36. The molecule has 0 radical (unpaired) electrons. The van der Waals surface area contributed by atoms with Crippen molar-refractivity contribution in [2.45, 2.75) is 39.5 Å². The molecule has 0 aliphatic carbocycles. The molecule has 0 unspecified atom stereocenters. The van der Waals surface area contributed by atoms with Gasteiger partial charge in [-0.15, -0.1) is 0 Å². The molecule has 0 N–H and O–H groups in total. The molecular weight excluding hydrogens is 432 g/mol. The molecule has 0 bridgehead atoms. The molecular formula is C23H25BrN2O3. The Bertz CT molecular complexity index is 1010. The number of hydrogen-bond donors (Lipinski definition) is 0. The van der Waals surface area contributed by atoms with Crippen molar-refractivity contribution in [3.8, 4) is 17.0 Å². The SMILES string of the molecule is COc1cccc(-c2cc(COC(C)(C)C(C)=O)nn2Cc2ccccc2Br)c1. The van der Waals surface area contributed by atoms with Crippen LogP contribution in [-0.4, -0.2) is 28.3 Å². The molecule has 2 aromatic carbocycles. The van der Waals surface area contributed by atoms with E-state index in [0.29, 0.717) is 6.54 Å². The van der Waals surface area contributed by atoms with Crippen LogP contribution in [0.25, 0.3) is 11.3 Å². The second kappa shape index (κ2) is 8.93. The Labute approximate surface area is 179 Å². The van der Waals surface area contributed by atoms with E-state index in [9.17, 15) is 4.79 Å². The van der Waals surface area contributed by atoms with Gasteiger partial charge in [-0.25, -0.2) is 0 Å². The average molecular weight is 457 g/mol. The van der Waals surface area contributed by atoms with E-state index in [-0.39, 0.29) is 12.4 Å². The highest BCUT2D eigenvalue weighted by molar-refractivity contribution is 9.10. The molecule has 152 valence electrons. The highest BCUT2D eigenvalue weighted by atomic mass is 79.9. The molecule has 29 heavy (non-hydrogen) atoms. The number of aromatic nitrogens is 2. The lowest BCUT2D eigenvalue weighted by Crippen LogP contribution is -2.32. The zero-order valence-corrected chi connectivity index (χ0v) is 18.7. The molecule has 0 fully saturated rings. The van der Waals surface area contributed by atoms with Gasteiger partial charge in [0.1, 0.15) is 11.4 Å². The fraction of sp³-hybridized carbons (Fsp3) is 0.304. The Morgan fingerprint density at radius 3 is 2.59 bits per heavy atom. The topological polar surface area (TPSA) is 53.4 Å². The number of nitrogens with zero attached hydrogens (tertiary/aromatic N) is 2. The third-order valence-corrected chi connectivity index (χ3v) is 5.68. The second-order valence-corrected chi connectivity index (χ2v) is 8.21. The van der Waals surface area contributed by atoms with Crippen molar-refractivity contribution in [2.24, 2.45) is 0 Å². The van der Waals surface area contributed by atoms with Crippen molar-refractivity contribution in [3.63, 3.8) is 0 Å². The van der Waals surface area contributed by atoms with Crippen LogP contribution >= 0.6 is 15.9 Å². The van der Waals surface area contributed by atoms with E-state index < -0.39 is 5.60 Å². The minimum absolute atomic E-state index is 0.0156. The van der Waals surface area contributed by atoms with Gasteiger partial charge >= 0.3 is 0 Å². The fourth-order valence-electron chi connectivity index (χ4n) is 2.82. The van der Waals surface area contributed by atoms with E-state index in [1.807, 2.05) is 53.2 Å². The van der Waals surface area contributed by atoms with Gasteiger partial charge in [-0.1, -0.05) is 46.3 Å². The van der Waals surface area contributed by atoms with Gasteiger partial charge in [0, 0.05) is 10.0 Å². The van der Waals surface area contributed by atoms with Gasteiger partial charge in [-0.3, -0.25) is 9.48 Å². The number of benzene rings is 2. The van der Waals surface area contributed by atoms with Crippen LogP contribution < -0.4 is 4.74 Å². The number of carbonyl (C=O) groups excluding carboxylic acids is 1. The summed E-state index contributed by atoms with van der Waals surface area (Å²) in [7, 11) is 1.65. The predicted octanol–water partition coefficient (Wildman–Crippen LogP) is 5.25. The van der Waals surface area contributed by atoms with Crippen LogP contribution in [0.4, 0.5) is 0 Å². The van der Waals surface area contributed by atoms with Crippen LogP contribution in [-0.2, 0) is 22.7 Å². The summed E-state index contributed by atoms with van der Waals surface area (Å²) in [4.78, 5) is 11.8. The number of methoxy groups -OCH3 is 1. The van der Waals surface area contributed by atoms with E-state index in [1.54, 1.807) is 21.0 Å². The first-order chi connectivity index (χ1) is 13.8. The lowest BCUT2D eigenvalue weighted by molar-refractivity contribution is -0.139. The van der Waals surface area contributed by atoms with Crippen LogP contribution in [0.15, 0.2) is 59.1 Å². The lowest BCUT2D eigenvalue weighted by atomic mass is 10.1. The third-order valence-electron chi connectivity index (χ3n) is 4.90. The van der Waals surface area contributed by atoms with Crippen LogP contribution in [0.5, 0.6) is 5.75 Å². The Kier molecular flexibility index (Phi) is 6.55. The van der Waals surface area contributed by atoms with Crippen molar-refractivity contribution in [1.29, 1.82) is 0 Å². The summed E-state index contributed by atoms with van der Waals surface area (Å²) < 4.78 is 14.2. The summed E-state index contributed by atoms with van der Waals surface area (Å²) in [6.07, 6.45) is 0. The van der Waals surface area contributed by atoms with Crippen molar-refractivity contribution < 1.29 is 14.3 Å². The molecule has 0 aliphatic heterocycles.